The summed E-state index contributed by atoms with van der Waals surface area (Å²) in [5.41, 5.74) is 3.24. The van der Waals surface area contributed by atoms with E-state index in [4.69, 9.17) is 4.74 Å². The van der Waals surface area contributed by atoms with Crippen LogP contribution in [0.4, 0.5) is 8.78 Å². The van der Waals surface area contributed by atoms with Crippen LogP contribution in [0, 0.1) is 11.6 Å². The molecule has 2 N–H and O–H groups in total. The highest BCUT2D eigenvalue weighted by atomic mass is 19.1. The van der Waals surface area contributed by atoms with Crippen LogP contribution in [0.5, 0.6) is 0 Å². The van der Waals surface area contributed by atoms with Crippen molar-refractivity contribution in [3.63, 3.8) is 0 Å². The maximum absolute atomic E-state index is 14.6. The molecule has 6 heteroatoms. The van der Waals surface area contributed by atoms with Crippen molar-refractivity contribution < 1.29 is 18.3 Å². The number of amides is 1. The predicted octanol–water partition coefficient (Wildman–Crippen LogP) is 4.29. The van der Waals surface area contributed by atoms with Gasteiger partial charge >= 0.3 is 0 Å². The monoisotopic (exact) mass is 386 g/mol. The molecule has 0 radical (unpaired) electrons. The standard InChI is InChI=1S/C22H24F2N2O2/c1-3-14-5-4-6-17-19(13-26-22(14)17)18(12-21(27)25-9-10-28-2)16-8-7-15(23)11-20(16)24/h4-8,11,13,18,26H,3,9-10,12H2,1-2H3,(H,25,27)/t18-/m0/s1. The second-order valence-corrected chi connectivity index (χ2v) is 6.70. The molecule has 1 atom stereocenters. The number of hydrogen-bond donors (Lipinski definition) is 2. The van der Waals surface area contributed by atoms with Crippen LogP contribution < -0.4 is 5.32 Å². The average Bonchev–Trinajstić information content (AvgIpc) is 3.11. The van der Waals surface area contributed by atoms with Gasteiger partial charge in [0.25, 0.3) is 0 Å². The fourth-order valence-electron chi connectivity index (χ4n) is 3.54. The summed E-state index contributed by atoms with van der Waals surface area (Å²) in [5, 5.41) is 3.72. The van der Waals surface area contributed by atoms with Gasteiger partial charge in [-0.25, -0.2) is 8.78 Å². The molecule has 0 aliphatic rings. The maximum atomic E-state index is 14.6. The Hall–Kier alpha value is -2.73. The molecule has 28 heavy (non-hydrogen) atoms. The molecule has 0 fully saturated rings. The average molecular weight is 386 g/mol. The largest absolute Gasteiger partial charge is 0.383 e. The number of fused-ring (bicyclic) bond motifs is 1. The smallest absolute Gasteiger partial charge is 0.221 e. The number of rotatable bonds is 8. The summed E-state index contributed by atoms with van der Waals surface area (Å²) >= 11 is 0. The number of benzene rings is 2. The molecule has 0 aliphatic carbocycles. The fourth-order valence-corrected chi connectivity index (χ4v) is 3.54. The summed E-state index contributed by atoms with van der Waals surface area (Å²) < 4.78 is 33.0. The zero-order valence-corrected chi connectivity index (χ0v) is 16.0. The van der Waals surface area contributed by atoms with Gasteiger partial charge in [-0.15, -0.1) is 0 Å². The number of aromatic nitrogens is 1. The third-order valence-electron chi connectivity index (χ3n) is 4.95. The number of hydrogen-bond acceptors (Lipinski definition) is 2. The molecule has 0 saturated carbocycles. The van der Waals surface area contributed by atoms with Gasteiger partial charge in [0.05, 0.1) is 6.61 Å². The third-order valence-corrected chi connectivity index (χ3v) is 4.95. The Kier molecular flexibility index (Phi) is 6.41. The number of carbonyl (C=O) groups excluding carboxylic acids is 1. The van der Waals surface area contributed by atoms with Gasteiger partial charge in [0.1, 0.15) is 11.6 Å². The topological polar surface area (TPSA) is 54.1 Å². The summed E-state index contributed by atoms with van der Waals surface area (Å²) in [6.45, 7) is 2.84. The zero-order chi connectivity index (χ0) is 20.1. The van der Waals surface area contributed by atoms with Crippen molar-refractivity contribution >= 4 is 16.8 Å². The van der Waals surface area contributed by atoms with E-state index < -0.39 is 17.6 Å². The van der Waals surface area contributed by atoms with Crippen LogP contribution in [0.15, 0.2) is 42.6 Å². The van der Waals surface area contributed by atoms with Crippen molar-refractivity contribution in [2.24, 2.45) is 0 Å². The number of halogens is 2. The van der Waals surface area contributed by atoms with E-state index >= 15 is 0 Å². The number of H-pyrrole nitrogens is 1. The molecule has 148 valence electrons. The number of carbonyl (C=O) groups is 1. The lowest BCUT2D eigenvalue weighted by Crippen LogP contribution is -2.28. The second-order valence-electron chi connectivity index (χ2n) is 6.70. The zero-order valence-electron chi connectivity index (χ0n) is 16.0. The lowest BCUT2D eigenvalue weighted by atomic mass is 9.87. The number of aryl methyl sites for hydroxylation is 1. The van der Waals surface area contributed by atoms with E-state index in [9.17, 15) is 13.6 Å². The van der Waals surface area contributed by atoms with E-state index in [0.717, 1.165) is 34.5 Å². The molecule has 1 amide bonds. The minimum Gasteiger partial charge on any atom is -0.383 e. The van der Waals surface area contributed by atoms with Gasteiger partial charge in [-0.3, -0.25) is 4.79 Å². The summed E-state index contributed by atoms with van der Waals surface area (Å²) in [6, 6.07) is 9.44. The Morgan fingerprint density at radius 1 is 1.21 bits per heavy atom. The number of aromatic amines is 1. The van der Waals surface area contributed by atoms with Gasteiger partial charge in [0.2, 0.25) is 5.91 Å². The van der Waals surface area contributed by atoms with Crippen molar-refractivity contribution in [2.45, 2.75) is 25.7 Å². The normalized spacial score (nSPS) is 12.3. The maximum Gasteiger partial charge on any atom is 0.221 e. The minimum atomic E-state index is -0.657. The Morgan fingerprint density at radius 2 is 2.04 bits per heavy atom. The van der Waals surface area contributed by atoms with Crippen molar-refractivity contribution in [1.82, 2.24) is 10.3 Å². The number of ether oxygens (including phenoxy) is 1. The van der Waals surface area contributed by atoms with Gasteiger partial charge in [-0.1, -0.05) is 31.2 Å². The Morgan fingerprint density at radius 3 is 2.75 bits per heavy atom. The third kappa shape index (κ3) is 4.22. The molecule has 2 aromatic carbocycles. The highest BCUT2D eigenvalue weighted by Gasteiger charge is 2.24. The van der Waals surface area contributed by atoms with Gasteiger partial charge in [-0.2, -0.15) is 0 Å². The summed E-state index contributed by atoms with van der Waals surface area (Å²) in [4.78, 5) is 15.7. The van der Waals surface area contributed by atoms with Crippen LogP contribution >= 0.6 is 0 Å². The van der Waals surface area contributed by atoms with Crippen LogP contribution in [-0.4, -0.2) is 31.2 Å². The number of nitrogens with one attached hydrogen (secondary N) is 2. The van der Waals surface area contributed by atoms with E-state index in [1.54, 1.807) is 7.11 Å². The number of methoxy groups -OCH3 is 1. The van der Waals surface area contributed by atoms with Crippen molar-refractivity contribution in [1.29, 1.82) is 0 Å². The van der Waals surface area contributed by atoms with Crippen LogP contribution in [0.3, 0.4) is 0 Å². The van der Waals surface area contributed by atoms with Crippen LogP contribution in [-0.2, 0) is 16.0 Å². The van der Waals surface area contributed by atoms with Gasteiger partial charge in [0, 0.05) is 49.2 Å². The lowest BCUT2D eigenvalue weighted by molar-refractivity contribution is -0.121. The van der Waals surface area contributed by atoms with Crippen molar-refractivity contribution in [3.05, 3.63) is 70.9 Å². The molecule has 0 spiro atoms. The summed E-state index contributed by atoms with van der Waals surface area (Å²) in [7, 11) is 1.56. The Labute approximate surface area is 162 Å². The molecule has 0 unspecified atom stereocenters. The first kappa shape index (κ1) is 20.0. The first-order chi connectivity index (χ1) is 13.5. The van der Waals surface area contributed by atoms with Crippen molar-refractivity contribution in [2.75, 3.05) is 20.3 Å². The molecular weight excluding hydrogens is 362 g/mol. The summed E-state index contributed by atoms with van der Waals surface area (Å²) in [6.07, 6.45) is 2.72. The molecule has 0 saturated heterocycles. The Balaban J connectivity index is 2.02. The van der Waals surface area contributed by atoms with Crippen LogP contribution in [0.2, 0.25) is 0 Å². The molecule has 4 nitrogen and oxygen atoms in total. The molecule has 1 heterocycles. The first-order valence-electron chi connectivity index (χ1n) is 9.34. The van der Waals surface area contributed by atoms with Gasteiger partial charge < -0.3 is 15.0 Å². The highest BCUT2D eigenvalue weighted by molar-refractivity contribution is 5.88. The van der Waals surface area contributed by atoms with Crippen LogP contribution in [0.1, 0.15) is 36.0 Å². The van der Waals surface area contributed by atoms with Gasteiger partial charge in [-0.05, 0) is 29.2 Å². The van der Waals surface area contributed by atoms with E-state index in [1.807, 2.05) is 24.4 Å². The van der Waals surface area contributed by atoms with Crippen molar-refractivity contribution in [3.8, 4) is 0 Å². The molecule has 3 rings (SSSR count). The van der Waals surface area contributed by atoms with E-state index in [2.05, 4.69) is 17.2 Å². The van der Waals surface area contributed by atoms with E-state index in [1.165, 1.54) is 12.1 Å². The van der Waals surface area contributed by atoms with E-state index in [-0.39, 0.29) is 12.3 Å². The van der Waals surface area contributed by atoms with E-state index in [0.29, 0.717) is 18.7 Å². The Bertz CT molecular complexity index is 968. The quantitative estimate of drug-likeness (QED) is 0.568. The molecule has 0 aliphatic heterocycles. The highest BCUT2D eigenvalue weighted by Crippen LogP contribution is 2.35. The lowest BCUT2D eigenvalue weighted by Gasteiger charge is -2.18. The molecule has 1 aromatic heterocycles. The van der Waals surface area contributed by atoms with Crippen LogP contribution in [0.25, 0.3) is 10.9 Å². The molecular formula is C22H24F2N2O2. The fraction of sp³-hybridized carbons (Fsp3) is 0.318. The summed E-state index contributed by atoms with van der Waals surface area (Å²) in [5.74, 6) is -2.05. The minimum absolute atomic E-state index is 0.0512. The number of para-hydroxylation sites is 1. The first-order valence-corrected chi connectivity index (χ1v) is 9.34. The SMILES string of the molecule is CCc1cccc2c([C@@H](CC(=O)NCCOC)c3ccc(F)cc3F)c[nH]c12. The molecule has 0 bridgehead atoms. The van der Waals surface area contributed by atoms with Gasteiger partial charge in [0.15, 0.2) is 0 Å². The molecule has 3 aromatic rings. The predicted molar refractivity (Wildman–Crippen MR) is 105 cm³/mol. The second kappa shape index (κ2) is 8.97.